The first-order chi connectivity index (χ1) is 21.8. The molecule has 0 aliphatic carbocycles. The highest BCUT2D eigenvalue weighted by atomic mass is 35.5. The van der Waals surface area contributed by atoms with Gasteiger partial charge in [0.25, 0.3) is 5.91 Å². The molecule has 0 saturated heterocycles. The fourth-order valence-corrected chi connectivity index (χ4v) is 6.61. The number of benzene rings is 2. The molecule has 3 aromatic rings. The van der Waals surface area contributed by atoms with Crippen molar-refractivity contribution in [3.63, 3.8) is 0 Å². The average molecular weight is 680 g/mol. The zero-order valence-electron chi connectivity index (χ0n) is 24.2. The zero-order chi connectivity index (χ0) is 33.3. The molecule has 2 aromatic carbocycles. The number of rotatable bonds is 6. The van der Waals surface area contributed by atoms with E-state index in [4.69, 9.17) is 16.3 Å². The van der Waals surface area contributed by atoms with Gasteiger partial charge >= 0.3 is 24.3 Å². The van der Waals surface area contributed by atoms with Crippen molar-refractivity contribution in [3.05, 3.63) is 92.4 Å². The second-order valence-corrected chi connectivity index (χ2v) is 11.6. The number of nitrogens with zero attached hydrogens (tertiary/aromatic N) is 3. The third-order valence-corrected chi connectivity index (χ3v) is 8.96. The molecule has 2 aliphatic heterocycles. The molecule has 0 bridgehead atoms. The van der Waals surface area contributed by atoms with Crippen molar-refractivity contribution in [3.8, 4) is 5.75 Å². The van der Waals surface area contributed by atoms with Gasteiger partial charge in [0.1, 0.15) is 12.7 Å². The van der Waals surface area contributed by atoms with Gasteiger partial charge in [-0.1, -0.05) is 41.9 Å². The second kappa shape index (κ2) is 13.1. The Morgan fingerprint density at radius 3 is 2.43 bits per heavy atom. The van der Waals surface area contributed by atoms with Gasteiger partial charge in [-0.3, -0.25) is 28.9 Å². The lowest BCUT2D eigenvalue weighted by atomic mass is 9.94. The van der Waals surface area contributed by atoms with Crippen molar-refractivity contribution in [2.45, 2.75) is 48.7 Å². The number of ether oxygens (including phenoxy) is 3. The lowest BCUT2D eigenvalue weighted by Gasteiger charge is -2.46. The molecule has 2 aliphatic rings. The number of aromatic nitrogens is 1. The minimum absolute atomic E-state index is 0.420. The highest BCUT2D eigenvalue weighted by Crippen LogP contribution is 2.45. The van der Waals surface area contributed by atoms with Gasteiger partial charge < -0.3 is 19.1 Å². The SMILES string of the molecule is COC(=O)CCC(=O)OC(=O)Oc1c2n(ccc1=O)N([C@@H]1c3ccccc3SCc3c(Cl)cccc31)CN([C@H](C)C(F)(F)F)C2=O. The summed E-state index contributed by atoms with van der Waals surface area (Å²) in [5.41, 5.74) is 0.301. The highest BCUT2D eigenvalue weighted by molar-refractivity contribution is 7.98. The fourth-order valence-electron chi connectivity index (χ4n) is 5.14. The Balaban J connectivity index is 1.65. The van der Waals surface area contributed by atoms with E-state index in [1.807, 2.05) is 12.1 Å². The lowest BCUT2D eigenvalue weighted by Crippen LogP contribution is -2.60. The maximum absolute atomic E-state index is 14.2. The minimum Gasteiger partial charge on any atom is -0.469 e. The topological polar surface area (TPSA) is 124 Å². The number of carbonyl (C=O) groups is 4. The van der Waals surface area contributed by atoms with Crippen molar-refractivity contribution in [1.29, 1.82) is 0 Å². The molecule has 1 amide bonds. The third kappa shape index (κ3) is 6.42. The molecule has 2 atom stereocenters. The summed E-state index contributed by atoms with van der Waals surface area (Å²) in [4.78, 5) is 64.1. The van der Waals surface area contributed by atoms with Crippen molar-refractivity contribution in [1.82, 2.24) is 9.58 Å². The molecule has 11 nitrogen and oxygen atoms in total. The normalized spacial score (nSPS) is 16.4. The summed E-state index contributed by atoms with van der Waals surface area (Å²) in [5, 5.41) is 1.87. The number of alkyl halides is 3. The Kier molecular flexibility index (Phi) is 9.35. The van der Waals surface area contributed by atoms with E-state index in [1.165, 1.54) is 23.0 Å². The summed E-state index contributed by atoms with van der Waals surface area (Å²) >= 11 is 8.08. The first-order valence-corrected chi connectivity index (χ1v) is 15.1. The van der Waals surface area contributed by atoms with E-state index in [1.54, 1.807) is 30.3 Å². The summed E-state index contributed by atoms with van der Waals surface area (Å²) in [6.45, 7) is 0.199. The Labute approximate surface area is 268 Å². The van der Waals surface area contributed by atoms with Crippen LogP contribution in [0, 0.1) is 0 Å². The van der Waals surface area contributed by atoms with Crippen LogP contribution in [-0.4, -0.2) is 59.6 Å². The quantitative estimate of drug-likeness (QED) is 0.254. The van der Waals surface area contributed by atoms with Gasteiger partial charge in [-0.15, -0.1) is 11.8 Å². The van der Waals surface area contributed by atoms with Crippen LogP contribution in [0.4, 0.5) is 18.0 Å². The van der Waals surface area contributed by atoms with Crippen molar-refractivity contribution in [2.75, 3.05) is 18.8 Å². The molecule has 0 saturated carbocycles. The molecule has 1 aromatic heterocycles. The summed E-state index contributed by atoms with van der Waals surface area (Å²) < 4.78 is 57.6. The number of methoxy groups -OCH3 is 1. The maximum atomic E-state index is 14.2. The summed E-state index contributed by atoms with van der Waals surface area (Å²) in [7, 11) is 1.09. The van der Waals surface area contributed by atoms with E-state index in [2.05, 4.69) is 9.47 Å². The second-order valence-electron chi connectivity index (χ2n) is 10.2. The first-order valence-electron chi connectivity index (χ1n) is 13.7. The predicted molar refractivity (Wildman–Crippen MR) is 158 cm³/mol. The van der Waals surface area contributed by atoms with Crippen LogP contribution in [0.25, 0.3) is 0 Å². The van der Waals surface area contributed by atoms with Crippen LogP contribution in [0.15, 0.2) is 64.4 Å². The van der Waals surface area contributed by atoms with Crippen molar-refractivity contribution in [2.24, 2.45) is 0 Å². The number of thioether (sulfide) groups is 1. The van der Waals surface area contributed by atoms with Crippen molar-refractivity contribution < 1.29 is 46.6 Å². The van der Waals surface area contributed by atoms with Crippen LogP contribution >= 0.6 is 23.4 Å². The van der Waals surface area contributed by atoms with Gasteiger partial charge in [-0.2, -0.15) is 13.2 Å². The Morgan fingerprint density at radius 2 is 1.72 bits per heavy atom. The molecular formula is C30H25ClF3N3O8S. The number of esters is 2. The van der Waals surface area contributed by atoms with Gasteiger partial charge in [0.05, 0.1) is 26.0 Å². The first kappa shape index (κ1) is 32.9. The molecule has 46 heavy (non-hydrogen) atoms. The standard InChI is InChI=1S/C30H25ClF3N3O8S/c1-16(30(32,33)34)35-15-37(25-17-7-5-8-20(31)19(17)14-46-22-9-4-3-6-18(22)25)36-13-12-21(38)27(26(36)28(35)41)45-29(42)44-24(40)11-10-23(39)43-2/h3-9,12-13,16,25H,10-11,14-15H2,1-2H3/t16-,25+/m1/s1. The smallest absolute Gasteiger partial charge is 0.469 e. The van der Waals surface area contributed by atoms with Gasteiger partial charge in [-0.25, -0.2) is 4.79 Å². The molecule has 0 N–H and O–H groups in total. The molecule has 242 valence electrons. The number of amides is 1. The van der Waals surface area contributed by atoms with Crippen LogP contribution in [0.1, 0.15) is 53.0 Å². The molecule has 5 rings (SSSR count). The molecule has 0 fully saturated rings. The van der Waals surface area contributed by atoms with Crippen LogP contribution < -0.4 is 15.2 Å². The minimum atomic E-state index is -4.87. The summed E-state index contributed by atoms with van der Waals surface area (Å²) in [6, 6.07) is 10.2. The molecule has 3 heterocycles. The van der Waals surface area contributed by atoms with Gasteiger partial charge in [0.2, 0.25) is 11.2 Å². The lowest BCUT2D eigenvalue weighted by molar-refractivity contribution is -0.173. The van der Waals surface area contributed by atoms with Crippen LogP contribution in [0.2, 0.25) is 5.02 Å². The van der Waals surface area contributed by atoms with Gasteiger partial charge in [-0.05, 0) is 35.7 Å². The van der Waals surface area contributed by atoms with E-state index < -0.39 is 78.6 Å². The van der Waals surface area contributed by atoms with E-state index in [0.717, 1.165) is 35.2 Å². The number of halogens is 4. The predicted octanol–water partition coefficient (Wildman–Crippen LogP) is 5.19. The summed E-state index contributed by atoms with van der Waals surface area (Å²) in [6.07, 6.45) is -6.40. The molecule has 16 heteroatoms. The Bertz CT molecular complexity index is 1780. The van der Waals surface area contributed by atoms with E-state index >= 15 is 0 Å². The van der Waals surface area contributed by atoms with E-state index in [9.17, 15) is 37.1 Å². The fraction of sp³-hybridized carbons (Fsp3) is 0.300. The van der Waals surface area contributed by atoms with E-state index in [0.29, 0.717) is 26.8 Å². The molecular weight excluding hydrogens is 655 g/mol. The van der Waals surface area contributed by atoms with Gasteiger partial charge in [0, 0.05) is 27.9 Å². The monoisotopic (exact) mass is 679 g/mol. The van der Waals surface area contributed by atoms with Crippen molar-refractivity contribution >= 4 is 47.4 Å². The van der Waals surface area contributed by atoms with Crippen LogP contribution in [-0.2, 0) is 24.8 Å². The molecule has 0 spiro atoms. The number of fused-ring (bicyclic) bond motifs is 3. The highest BCUT2D eigenvalue weighted by Gasteiger charge is 2.48. The molecule has 0 unspecified atom stereocenters. The molecule has 0 radical (unpaired) electrons. The Hall–Kier alpha value is -4.50. The van der Waals surface area contributed by atoms with Crippen LogP contribution in [0.5, 0.6) is 5.75 Å². The van der Waals surface area contributed by atoms with E-state index in [-0.39, 0.29) is 0 Å². The summed E-state index contributed by atoms with van der Waals surface area (Å²) in [5.74, 6) is -3.74. The Morgan fingerprint density at radius 1 is 1.02 bits per heavy atom. The number of carbonyl (C=O) groups excluding carboxylic acids is 4. The number of hydrogen-bond acceptors (Lipinski definition) is 10. The third-order valence-electron chi connectivity index (χ3n) is 7.49. The largest absolute Gasteiger partial charge is 0.521 e. The average Bonchev–Trinajstić information content (AvgIpc) is 3.18. The van der Waals surface area contributed by atoms with Gasteiger partial charge in [0.15, 0.2) is 5.69 Å². The number of pyridine rings is 1. The van der Waals surface area contributed by atoms with Crippen LogP contribution in [0.3, 0.4) is 0 Å². The maximum Gasteiger partial charge on any atom is 0.521 e. The number of hydrogen-bond donors (Lipinski definition) is 0. The zero-order valence-corrected chi connectivity index (χ0v) is 25.8.